The summed E-state index contributed by atoms with van der Waals surface area (Å²) in [5.41, 5.74) is 11.9. The predicted molar refractivity (Wildman–Crippen MR) is 115 cm³/mol. The van der Waals surface area contributed by atoms with Crippen LogP contribution in [-0.4, -0.2) is 4.98 Å². The Morgan fingerprint density at radius 1 is 0.786 bits per heavy atom. The van der Waals surface area contributed by atoms with Gasteiger partial charge in [0.15, 0.2) is 0 Å². The van der Waals surface area contributed by atoms with Gasteiger partial charge in [-0.3, -0.25) is 4.98 Å². The zero-order valence-corrected chi connectivity index (χ0v) is 18.5. The molecule has 1 aliphatic carbocycles. The number of hydrogen-bond acceptors (Lipinski definition) is 1. The van der Waals surface area contributed by atoms with Gasteiger partial charge in [-0.1, -0.05) is 53.6 Å². The van der Waals surface area contributed by atoms with Gasteiger partial charge in [0.25, 0.3) is 0 Å². The van der Waals surface area contributed by atoms with Crippen LogP contribution in [0.5, 0.6) is 0 Å². The number of aryl methyl sites for hydroxylation is 2. The maximum Gasteiger partial charge on any atom is 0.0607 e. The van der Waals surface area contributed by atoms with Crippen LogP contribution in [0.4, 0.5) is 0 Å². The van der Waals surface area contributed by atoms with Gasteiger partial charge in [-0.2, -0.15) is 0 Å². The summed E-state index contributed by atoms with van der Waals surface area (Å²) in [5.74, 6) is 0. The number of pyridine rings is 1. The van der Waals surface area contributed by atoms with Crippen molar-refractivity contribution in [2.75, 3.05) is 0 Å². The Morgan fingerprint density at radius 3 is 2.32 bits per heavy atom. The molecule has 0 bridgehead atoms. The number of benzene rings is 3. The maximum absolute atomic E-state index is 5.03. The zero-order valence-electron chi connectivity index (χ0n) is 16.1. The number of hydrogen-bond donors (Lipinski definition) is 0. The predicted octanol–water partition coefficient (Wildman–Crippen LogP) is 6.78. The molecular weight excluding hydrogens is 519 g/mol. The molecule has 0 atom stereocenters. The van der Waals surface area contributed by atoms with Crippen molar-refractivity contribution in [3.8, 4) is 22.4 Å². The molecule has 1 aromatic heterocycles. The first-order chi connectivity index (χ1) is 13.1. The molecule has 28 heavy (non-hydrogen) atoms. The standard InChI is InChI=1S/C26H20N.Ir/c1-16-7-10-19(11-8-16)20-5-4-6-21(15-20)26-18(3)23-13-12-22-17(2)9-14-24(27-26)25(22)23;/h4-5,7-15H,1-3H3;/q-1;. The van der Waals surface area contributed by atoms with E-state index in [4.69, 9.17) is 4.98 Å². The molecule has 0 aliphatic heterocycles. The normalized spacial score (nSPS) is 11.7. The van der Waals surface area contributed by atoms with E-state index in [2.05, 4.69) is 87.5 Å². The quantitative estimate of drug-likeness (QED) is 0.226. The van der Waals surface area contributed by atoms with Crippen molar-refractivity contribution in [2.24, 2.45) is 0 Å². The van der Waals surface area contributed by atoms with Crippen LogP contribution in [0.3, 0.4) is 0 Å². The summed E-state index contributed by atoms with van der Waals surface area (Å²) in [6, 6.07) is 22.7. The van der Waals surface area contributed by atoms with E-state index in [0.29, 0.717) is 0 Å². The molecule has 4 aromatic rings. The second-order valence-electron chi connectivity index (χ2n) is 7.38. The minimum Gasteiger partial charge on any atom is -0.296 e. The van der Waals surface area contributed by atoms with Crippen LogP contribution in [0.2, 0.25) is 0 Å². The Hall–Kier alpha value is -2.54. The van der Waals surface area contributed by atoms with Crippen molar-refractivity contribution in [1.82, 2.24) is 4.98 Å². The summed E-state index contributed by atoms with van der Waals surface area (Å²) < 4.78 is 0. The molecule has 1 nitrogen and oxygen atoms in total. The Bertz CT molecular complexity index is 1230. The molecule has 0 amide bonds. The van der Waals surface area contributed by atoms with Gasteiger partial charge in [0.2, 0.25) is 0 Å². The van der Waals surface area contributed by atoms with Gasteiger partial charge < -0.3 is 0 Å². The van der Waals surface area contributed by atoms with Crippen LogP contribution < -0.4 is 0 Å². The molecular formula is C26H20IrN-. The van der Waals surface area contributed by atoms with Gasteiger partial charge in [0, 0.05) is 25.5 Å². The molecule has 2 heteroatoms. The Balaban J connectivity index is 0.00000192. The van der Waals surface area contributed by atoms with E-state index in [-0.39, 0.29) is 20.1 Å². The number of rotatable bonds is 2. The number of aromatic nitrogens is 1. The Kier molecular flexibility index (Phi) is 4.79. The molecule has 0 fully saturated rings. The van der Waals surface area contributed by atoms with Crippen LogP contribution in [0.15, 0.2) is 54.6 Å². The fourth-order valence-corrected chi connectivity index (χ4v) is 3.99. The third-order valence-electron chi connectivity index (χ3n) is 5.56. The third kappa shape index (κ3) is 2.94. The van der Waals surface area contributed by atoms with Gasteiger partial charge in [-0.15, -0.1) is 35.4 Å². The second kappa shape index (κ2) is 7.13. The molecule has 0 spiro atoms. The van der Waals surface area contributed by atoms with Gasteiger partial charge in [-0.05, 0) is 54.8 Å². The van der Waals surface area contributed by atoms with Gasteiger partial charge in [0.05, 0.1) is 5.52 Å². The fraction of sp³-hybridized carbons (Fsp3) is 0.115. The summed E-state index contributed by atoms with van der Waals surface area (Å²) in [7, 11) is 0. The van der Waals surface area contributed by atoms with E-state index in [9.17, 15) is 0 Å². The minimum atomic E-state index is 0. The summed E-state index contributed by atoms with van der Waals surface area (Å²) >= 11 is 0. The van der Waals surface area contributed by atoms with Gasteiger partial charge in [-0.25, -0.2) is 0 Å². The Morgan fingerprint density at radius 2 is 1.54 bits per heavy atom. The molecule has 1 radical (unpaired) electrons. The molecule has 0 saturated carbocycles. The first kappa shape index (κ1) is 18.8. The van der Waals surface area contributed by atoms with Gasteiger partial charge >= 0.3 is 0 Å². The molecule has 139 valence electrons. The van der Waals surface area contributed by atoms with Crippen LogP contribution in [0, 0.1) is 26.8 Å². The molecule has 1 heterocycles. The van der Waals surface area contributed by atoms with Crippen molar-refractivity contribution < 1.29 is 20.1 Å². The van der Waals surface area contributed by atoms with Crippen LogP contribution in [-0.2, 0) is 20.1 Å². The van der Waals surface area contributed by atoms with E-state index in [1.165, 1.54) is 44.3 Å². The zero-order chi connectivity index (χ0) is 18.5. The van der Waals surface area contributed by atoms with Gasteiger partial charge in [0.1, 0.15) is 0 Å². The topological polar surface area (TPSA) is 12.9 Å². The van der Waals surface area contributed by atoms with Crippen molar-refractivity contribution in [3.63, 3.8) is 0 Å². The SMILES string of the molecule is Cc1ccc(-c2cc[c-]c(-c3nc4ccc(C)c5c4c(c3C)C=C5)c2)cc1.[Ir]. The minimum absolute atomic E-state index is 0. The Labute approximate surface area is 179 Å². The molecule has 0 N–H and O–H groups in total. The number of nitrogens with zero attached hydrogens (tertiary/aromatic N) is 1. The maximum atomic E-state index is 5.03. The van der Waals surface area contributed by atoms with Crippen molar-refractivity contribution >= 4 is 23.1 Å². The van der Waals surface area contributed by atoms with E-state index >= 15 is 0 Å². The van der Waals surface area contributed by atoms with Crippen molar-refractivity contribution in [1.29, 1.82) is 0 Å². The van der Waals surface area contributed by atoms with E-state index in [0.717, 1.165) is 16.8 Å². The fourth-order valence-electron chi connectivity index (χ4n) is 3.99. The van der Waals surface area contributed by atoms with E-state index < -0.39 is 0 Å². The van der Waals surface area contributed by atoms with E-state index in [1.54, 1.807) is 0 Å². The van der Waals surface area contributed by atoms with E-state index in [1.807, 2.05) is 6.07 Å². The average molecular weight is 539 g/mol. The summed E-state index contributed by atoms with van der Waals surface area (Å²) in [5, 5.41) is 1.28. The van der Waals surface area contributed by atoms with Crippen LogP contribution >= 0.6 is 0 Å². The summed E-state index contributed by atoms with van der Waals surface area (Å²) in [4.78, 5) is 5.03. The van der Waals surface area contributed by atoms with Crippen LogP contribution in [0.25, 0.3) is 45.4 Å². The average Bonchev–Trinajstić information content (AvgIpc) is 3.14. The molecule has 0 saturated heterocycles. The third-order valence-corrected chi connectivity index (χ3v) is 5.56. The molecule has 1 aliphatic rings. The van der Waals surface area contributed by atoms with Crippen LogP contribution in [0.1, 0.15) is 27.8 Å². The largest absolute Gasteiger partial charge is 0.296 e. The molecule has 3 aromatic carbocycles. The summed E-state index contributed by atoms with van der Waals surface area (Å²) in [6.45, 7) is 6.45. The molecule has 0 unspecified atom stereocenters. The van der Waals surface area contributed by atoms with Crippen molar-refractivity contribution in [2.45, 2.75) is 20.8 Å². The first-order valence-corrected chi connectivity index (χ1v) is 9.33. The first-order valence-electron chi connectivity index (χ1n) is 9.33. The van der Waals surface area contributed by atoms with Crippen molar-refractivity contribution in [3.05, 3.63) is 88.5 Å². The molecule has 5 rings (SSSR count). The second-order valence-corrected chi connectivity index (χ2v) is 7.38. The smallest absolute Gasteiger partial charge is 0.0607 e. The monoisotopic (exact) mass is 539 g/mol. The summed E-state index contributed by atoms with van der Waals surface area (Å²) in [6.07, 6.45) is 4.45.